The first-order valence-electron chi connectivity index (χ1n) is 10.3. The average Bonchev–Trinajstić information content (AvgIpc) is 3.27. The topological polar surface area (TPSA) is 68.3 Å². The molecule has 0 radical (unpaired) electrons. The van der Waals surface area contributed by atoms with E-state index >= 15 is 0 Å². The summed E-state index contributed by atoms with van der Waals surface area (Å²) in [5.41, 5.74) is 4.28. The van der Waals surface area contributed by atoms with Gasteiger partial charge in [0.1, 0.15) is 23.8 Å². The van der Waals surface area contributed by atoms with Gasteiger partial charge in [-0.15, -0.1) is 6.58 Å². The zero-order chi connectivity index (χ0) is 23.2. The summed E-state index contributed by atoms with van der Waals surface area (Å²) in [5.74, 6) is 1.46. The first kappa shape index (κ1) is 22.2. The summed E-state index contributed by atoms with van der Waals surface area (Å²) in [6.45, 7) is 4.22. The molecule has 0 aliphatic carbocycles. The van der Waals surface area contributed by atoms with Gasteiger partial charge < -0.3 is 13.9 Å². The highest BCUT2D eigenvalue weighted by atomic mass is 35.5. The SMILES string of the molecule is C=CCc1cc(/C=C(\C#N)c2nc3ccccc3o2)cc(OC)c1OCc1ccc(Cl)cc1. The third-order valence-electron chi connectivity index (χ3n) is 4.99. The molecule has 0 amide bonds. The second kappa shape index (κ2) is 10.1. The Hall–Kier alpha value is -4.01. The number of nitriles is 1. The molecule has 0 bridgehead atoms. The lowest BCUT2D eigenvalue weighted by Gasteiger charge is -2.16. The lowest BCUT2D eigenvalue weighted by Crippen LogP contribution is -2.02. The van der Waals surface area contributed by atoms with Gasteiger partial charge in [0.15, 0.2) is 17.1 Å². The molecule has 0 N–H and O–H groups in total. The monoisotopic (exact) mass is 456 g/mol. The van der Waals surface area contributed by atoms with Gasteiger partial charge in [-0.05, 0) is 60.0 Å². The van der Waals surface area contributed by atoms with Crippen LogP contribution in [-0.2, 0) is 13.0 Å². The number of halogens is 1. The molecule has 1 heterocycles. The number of allylic oxidation sites excluding steroid dienone is 2. The van der Waals surface area contributed by atoms with Crippen LogP contribution in [0.3, 0.4) is 0 Å². The minimum atomic E-state index is 0.269. The maximum Gasteiger partial charge on any atom is 0.238 e. The van der Waals surface area contributed by atoms with Crippen LogP contribution in [0, 0.1) is 11.3 Å². The van der Waals surface area contributed by atoms with Crippen molar-refractivity contribution in [1.29, 1.82) is 5.26 Å². The summed E-state index contributed by atoms with van der Waals surface area (Å²) in [4.78, 5) is 4.43. The number of oxazole rings is 1. The number of hydrogen-bond acceptors (Lipinski definition) is 5. The molecule has 0 saturated carbocycles. The van der Waals surface area contributed by atoms with Crippen molar-refractivity contribution < 1.29 is 13.9 Å². The highest BCUT2D eigenvalue weighted by molar-refractivity contribution is 6.30. The van der Waals surface area contributed by atoms with Crippen molar-refractivity contribution in [3.8, 4) is 17.6 Å². The third kappa shape index (κ3) is 5.08. The number of benzene rings is 3. The lowest BCUT2D eigenvalue weighted by molar-refractivity contribution is 0.282. The largest absolute Gasteiger partial charge is 0.493 e. The maximum atomic E-state index is 9.75. The molecule has 5 nitrogen and oxygen atoms in total. The van der Waals surface area contributed by atoms with Crippen LogP contribution in [0.4, 0.5) is 0 Å². The number of nitrogens with zero attached hydrogens (tertiary/aromatic N) is 2. The van der Waals surface area contributed by atoms with E-state index in [1.807, 2.05) is 60.7 Å². The predicted molar refractivity (Wildman–Crippen MR) is 130 cm³/mol. The molecular weight excluding hydrogens is 436 g/mol. The van der Waals surface area contributed by atoms with Crippen molar-refractivity contribution in [2.45, 2.75) is 13.0 Å². The van der Waals surface area contributed by atoms with Gasteiger partial charge in [0.05, 0.1) is 7.11 Å². The van der Waals surface area contributed by atoms with Crippen LogP contribution in [0.15, 0.2) is 77.7 Å². The standard InChI is InChI=1S/C27H21ClN2O3/c1-3-6-20-13-19(14-21(16-29)27-30-23-7-4-5-8-24(23)33-27)15-25(31-2)26(20)32-17-18-9-11-22(28)12-10-18/h3-5,7-15H,1,6,17H2,2H3/b21-14+. The molecule has 0 spiro atoms. The molecule has 0 saturated heterocycles. The summed E-state index contributed by atoms with van der Waals surface area (Å²) in [6, 6.07) is 20.8. The van der Waals surface area contributed by atoms with Crippen LogP contribution >= 0.6 is 11.6 Å². The van der Waals surface area contributed by atoms with E-state index in [4.69, 9.17) is 25.5 Å². The Morgan fingerprint density at radius 2 is 1.97 bits per heavy atom. The van der Waals surface area contributed by atoms with Gasteiger partial charge in [-0.3, -0.25) is 0 Å². The molecule has 1 aromatic heterocycles. The smallest absolute Gasteiger partial charge is 0.238 e. The van der Waals surface area contributed by atoms with Crippen LogP contribution in [-0.4, -0.2) is 12.1 Å². The van der Waals surface area contributed by atoms with E-state index in [1.165, 1.54) is 0 Å². The molecule has 0 atom stereocenters. The second-order valence-electron chi connectivity index (χ2n) is 7.28. The summed E-state index contributed by atoms with van der Waals surface area (Å²) >= 11 is 5.97. The van der Waals surface area contributed by atoms with E-state index in [0.29, 0.717) is 46.2 Å². The molecule has 164 valence electrons. The number of aromatic nitrogens is 1. The molecule has 0 aliphatic heterocycles. The third-order valence-corrected chi connectivity index (χ3v) is 5.24. The van der Waals surface area contributed by atoms with E-state index in [9.17, 15) is 5.26 Å². The average molecular weight is 457 g/mol. The maximum absolute atomic E-state index is 9.75. The van der Waals surface area contributed by atoms with Crippen LogP contribution in [0.1, 0.15) is 22.6 Å². The Morgan fingerprint density at radius 1 is 1.18 bits per heavy atom. The van der Waals surface area contributed by atoms with Gasteiger partial charge in [0, 0.05) is 10.6 Å². The fraction of sp³-hybridized carbons (Fsp3) is 0.111. The first-order chi connectivity index (χ1) is 16.1. The highest BCUT2D eigenvalue weighted by Crippen LogP contribution is 2.35. The number of hydrogen-bond donors (Lipinski definition) is 0. The Balaban J connectivity index is 1.69. The second-order valence-corrected chi connectivity index (χ2v) is 7.71. The Bertz CT molecular complexity index is 1330. The molecule has 33 heavy (non-hydrogen) atoms. The zero-order valence-electron chi connectivity index (χ0n) is 18.0. The van der Waals surface area contributed by atoms with Crippen LogP contribution in [0.25, 0.3) is 22.7 Å². The Morgan fingerprint density at radius 3 is 2.67 bits per heavy atom. The van der Waals surface area contributed by atoms with Gasteiger partial charge in [-0.2, -0.15) is 5.26 Å². The fourth-order valence-corrected chi connectivity index (χ4v) is 3.55. The zero-order valence-corrected chi connectivity index (χ0v) is 18.8. The predicted octanol–water partition coefficient (Wildman–Crippen LogP) is 6.86. The Labute approximate surface area is 197 Å². The van der Waals surface area contributed by atoms with Crippen LogP contribution < -0.4 is 9.47 Å². The van der Waals surface area contributed by atoms with Gasteiger partial charge in [-0.25, -0.2) is 4.98 Å². The van der Waals surface area contributed by atoms with Crippen molar-refractivity contribution in [3.05, 3.63) is 101 Å². The quantitative estimate of drug-likeness (QED) is 0.214. The molecule has 0 unspecified atom stereocenters. The summed E-state index contributed by atoms with van der Waals surface area (Å²) < 4.78 is 17.5. The van der Waals surface area contributed by atoms with Crippen molar-refractivity contribution in [2.75, 3.05) is 7.11 Å². The van der Waals surface area contributed by atoms with Crippen LogP contribution in [0.2, 0.25) is 5.02 Å². The molecule has 6 heteroatoms. The number of ether oxygens (including phenoxy) is 2. The van der Waals surface area contributed by atoms with E-state index in [-0.39, 0.29) is 5.89 Å². The fourth-order valence-electron chi connectivity index (χ4n) is 3.42. The normalized spacial score (nSPS) is 11.2. The lowest BCUT2D eigenvalue weighted by atomic mass is 10.0. The summed E-state index contributed by atoms with van der Waals surface area (Å²) in [7, 11) is 1.58. The van der Waals surface area contributed by atoms with Gasteiger partial charge >= 0.3 is 0 Å². The van der Waals surface area contributed by atoms with Gasteiger partial charge in [-0.1, -0.05) is 41.9 Å². The van der Waals surface area contributed by atoms with E-state index in [2.05, 4.69) is 17.6 Å². The number of fused-ring (bicyclic) bond motifs is 1. The molecule has 3 aromatic carbocycles. The van der Waals surface area contributed by atoms with Crippen molar-refractivity contribution in [2.24, 2.45) is 0 Å². The highest BCUT2D eigenvalue weighted by Gasteiger charge is 2.15. The minimum absolute atomic E-state index is 0.269. The number of para-hydroxylation sites is 2. The molecule has 4 rings (SSSR count). The summed E-state index contributed by atoms with van der Waals surface area (Å²) in [6.07, 6.45) is 4.09. The van der Waals surface area contributed by atoms with E-state index < -0.39 is 0 Å². The van der Waals surface area contributed by atoms with Gasteiger partial charge in [0.25, 0.3) is 0 Å². The van der Waals surface area contributed by atoms with Gasteiger partial charge in [0.2, 0.25) is 5.89 Å². The molecule has 0 fully saturated rings. The minimum Gasteiger partial charge on any atom is -0.493 e. The molecular formula is C27H21ClN2O3. The van der Waals surface area contributed by atoms with E-state index in [1.54, 1.807) is 19.3 Å². The van der Waals surface area contributed by atoms with Crippen LogP contribution in [0.5, 0.6) is 11.5 Å². The number of rotatable bonds is 8. The van der Waals surface area contributed by atoms with Crippen molar-refractivity contribution >= 4 is 34.3 Å². The van der Waals surface area contributed by atoms with Crippen molar-refractivity contribution in [1.82, 2.24) is 4.98 Å². The van der Waals surface area contributed by atoms with Crippen molar-refractivity contribution in [3.63, 3.8) is 0 Å². The Kier molecular flexibility index (Phi) is 6.77. The molecule has 0 aliphatic rings. The van der Waals surface area contributed by atoms with E-state index in [0.717, 1.165) is 16.7 Å². The summed E-state index contributed by atoms with van der Waals surface area (Å²) in [5, 5.41) is 10.4. The first-order valence-corrected chi connectivity index (χ1v) is 10.7. The molecule has 4 aromatic rings. The number of methoxy groups -OCH3 is 1.